The van der Waals surface area contributed by atoms with Crippen LogP contribution in [0, 0.1) is 5.92 Å². The standard InChI is InChI=1S/C11H12BrNO2.C7H5ClF2O3S.H14P12/c1-15-11(14)8-6-13(7-8)10-4-2-3-9(12)5-10;8-14(11,12)6-3-1-5(2-4-6)13-7(9)10;1-8(2)11(7)12(9(3)4)10(5)6/h2-5,8H,6-7H2,1H3;1-4,7H;1-7H2. The monoisotopic (exact) mass is 897 g/mol. The molecule has 0 aliphatic carbocycles. The minimum atomic E-state index is -3.82. The third kappa shape index (κ3) is 16.3. The molecule has 1 fully saturated rings. The molecule has 2 aromatic carbocycles. The van der Waals surface area contributed by atoms with Gasteiger partial charge in [0.2, 0.25) is 0 Å². The van der Waals surface area contributed by atoms with E-state index in [2.05, 4.69) is 92.8 Å². The van der Waals surface area contributed by atoms with Crippen LogP contribution in [0.5, 0.6) is 5.75 Å². The lowest BCUT2D eigenvalue weighted by molar-refractivity contribution is -0.146. The van der Waals surface area contributed by atoms with Crippen molar-refractivity contribution in [3.05, 3.63) is 53.0 Å². The van der Waals surface area contributed by atoms with Crippen molar-refractivity contribution in [2.75, 3.05) is 25.1 Å². The minimum Gasteiger partial charge on any atom is -0.469 e. The van der Waals surface area contributed by atoms with E-state index in [0.29, 0.717) is 0 Å². The zero-order valence-corrected chi connectivity index (χ0v) is 37.1. The van der Waals surface area contributed by atoms with Gasteiger partial charge in [-0.05, 0) is 77.4 Å². The highest BCUT2D eigenvalue weighted by atomic mass is 79.9. The van der Waals surface area contributed by atoms with Crippen LogP contribution in [0.2, 0.25) is 0 Å². The van der Waals surface area contributed by atoms with Gasteiger partial charge in [-0.1, -0.05) is 22.0 Å². The fourth-order valence-corrected chi connectivity index (χ4v) is 106. The van der Waals surface area contributed by atoms with E-state index in [1.807, 2.05) is 24.3 Å². The van der Waals surface area contributed by atoms with Crippen LogP contribution in [0.15, 0.2) is 57.9 Å². The third-order valence-corrected chi connectivity index (χ3v) is 73.3. The predicted octanol–water partition coefficient (Wildman–Crippen LogP) is 10.9. The molecule has 1 aliphatic heterocycles. The van der Waals surface area contributed by atoms with Gasteiger partial charge in [0.15, 0.2) is 0 Å². The van der Waals surface area contributed by atoms with Crippen molar-refractivity contribution in [1.82, 2.24) is 0 Å². The molecule has 0 N–H and O–H groups in total. The highest BCUT2D eigenvalue weighted by Crippen LogP contribution is 3.16. The van der Waals surface area contributed by atoms with Crippen LogP contribution in [-0.4, -0.2) is 41.2 Å². The Labute approximate surface area is 275 Å². The first kappa shape index (κ1) is 42.3. The molecule has 0 bridgehead atoms. The summed E-state index contributed by atoms with van der Waals surface area (Å²) in [5.74, 6) is -0.195. The maximum absolute atomic E-state index is 11.7. The van der Waals surface area contributed by atoms with E-state index < -0.39 is 15.7 Å². The van der Waals surface area contributed by atoms with Crippen LogP contribution in [0.25, 0.3) is 0 Å². The zero-order valence-electron chi connectivity index (χ0n) is 21.4. The van der Waals surface area contributed by atoms with Gasteiger partial charge >= 0.3 is 12.6 Å². The fourth-order valence-electron chi connectivity index (χ4n) is 2.88. The highest BCUT2D eigenvalue weighted by Gasteiger charge is 2.33. The molecule has 0 aromatic heterocycles. The van der Waals surface area contributed by atoms with Crippen molar-refractivity contribution in [3.63, 3.8) is 0 Å². The van der Waals surface area contributed by atoms with Crippen molar-refractivity contribution < 1.29 is 31.5 Å². The summed E-state index contributed by atoms with van der Waals surface area (Å²) in [6.07, 6.45) is 0. The van der Waals surface area contributed by atoms with Crippen LogP contribution in [0.3, 0.4) is 0 Å². The molecule has 0 radical (unpaired) electrons. The Bertz CT molecular complexity index is 1190. The molecule has 0 amide bonds. The summed E-state index contributed by atoms with van der Waals surface area (Å²) in [7, 11) is 23.6. The van der Waals surface area contributed by atoms with Crippen LogP contribution in [0.1, 0.15) is 0 Å². The van der Waals surface area contributed by atoms with Crippen molar-refractivity contribution in [3.8, 4) is 5.75 Å². The van der Waals surface area contributed by atoms with Crippen LogP contribution >= 0.6 is 124 Å². The van der Waals surface area contributed by atoms with Gasteiger partial charge in [0, 0.05) is 33.9 Å². The Morgan fingerprint density at radius 3 is 1.90 bits per heavy atom. The van der Waals surface area contributed by atoms with Gasteiger partial charge in [0.05, 0.1) is 17.9 Å². The van der Waals surface area contributed by atoms with Gasteiger partial charge in [0.25, 0.3) is 9.05 Å². The maximum atomic E-state index is 11.7. The molecular formula is C18H31BrClF2NO5P12S. The third-order valence-electron chi connectivity index (χ3n) is 4.75. The van der Waals surface area contributed by atoms with E-state index in [9.17, 15) is 22.0 Å². The number of alkyl halides is 2. The van der Waals surface area contributed by atoms with Gasteiger partial charge in [-0.15, -0.1) is 62.5 Å². The molecule has 1 heterocycles. The molecule has 3 rings (SSSR count). The lowest BCUT2D eigenvalue weighted by Gasteiger charge is -2.39. The molecule has 0 spiro atoms. The summed E-state index contributed by atoms with van der Waals surface area (Å²) >= 11 is 3.42. The second-order valence-electron chi connectivity index (χ2n) is 7.62. The number of carbonyl (C=O) groups is 1. The second-order valence-corrected chi connectivity index (χ2v) is 56.1. The smallest absolute Gasteiger partial charge is 0.387 e. The Morgan fingerprint density at radius 2 is 1.54 bits per heavy atom. The number of carbonyl (C=O) groups excluding carboxylic acids is 1. The van der Waals surface area contributed by atoms with E-state index >= 15 is 0 Å². The largest absolute Gasteiger partial charge is 0.469 e. The number of benzene rings is 2. The lowest BCUT2D eigenvalue weighted by atomic mass is 9.99. The number of rotatable bonds is 9. The first-order valence-corrected chi connectivity index (χ1v) is 34.7. The summed E-state index contributed by atoms with van der Waals surface area (Å²) < 4.78 is 54.6. The first-order chi connectivity index (χ1) is 19.0. The quantitative estimate of drug-likeness (QED) is 0.142. The molecule has 0 saturated carbocycles. The summed E-state index contributed by atoms with van der Waals surface area (Å²) in [5, 5.41) is 0. The number of esters is 1. The van der Waals surface area contributed by atoms with Gasteiger partial charge in [-0.2, -0.15) is 8.78 Å². The molecule has 8 unspecified atom stereocenters. The normalized spacial score (nSPS) is 14.3. The van der Waals surface area contributed by atoms with E-state index in [1.165, 1.54) is 7.11 Å². The van der Waals surface area contributed by atoms with Crippen molar-refractivity contribution in [2.24, 2.45) is 5.92 Å². The molecule has 232 valence electrons. The fraction of sp³-hybridized carbons (Fsp3) is 0.278. The Hall–Kier alpha value is 3.25. The Morgan fingerprint density at radius 1 is 1.00 bits per heavy atom. The SMILES string of the molecule is COC(=O)C1CN(c2cccc(Br)c2)C1.O=S(=O)(Cl)c1ccc(OC(F)F)cc1.PP(P)P(P)P(P(P)P)P(P)P. The summed E-state index contributed by atoms with van der Waals surface area (Å²) in [6, 6.07) is 12.4. The molecule has 2 aromatic rings. The molecule has 1 aliphatic rings. The van der Waals surface area contributed by atoms with Gasteiger partial charge in [0.1, 0.15) is 5.75 Å². The van der Waals surface area contributed by atoms with Crippen molar-refractivity contribution >= 4 is 145 Å². The van der Waals surface area contributed by atoms with Crippen molar-refractivity contribution in [1.29, 1.82) is 0 Å². The van der Waals surface area contributed by atoms with Gasteiger partial charge < -0.3 is 14.4 Å². The van der Waals surface area contributed by atoms with Crippen LogP contribution in [-0.2, 0) is 18.6 Å². The molecule has 6 nitrogen and oxygen atoms in total. The van der Waals surface area contributed by atoms with E-state index in [0.717, 1.165) is 47.5 Å². The number of halogens is 4. The predicted molar refractivity (Wildman–Crippen MR) is 211 cm³/mol. The molecule has 1 saturated heterocycles. The highest BCUT2D eigenvalue weighted by molar-refractivity contribution is 9.21. The van der Waals surface area contributed by atoms with Crippen LogP contribution in [0.4, 0.5) is 14.5 Å². The zero-order chi connectivity index (χ0) is 31.5. The number of methoxy groups -OCH3 is 1. The minimum absolute atomic E-state index is 0.0361. The van der Waals surface area contributed by atoms with E-state index in [-0.39, 0.29) is 57.5 Å². The molecular weight excluding hydrogens is 867 g/mol. The van der Waals surface area contributed by atoms with Crippen molar-refractivity contribution in [2.45, 2.75) is 11.5 Å². The van der Waals surface area contributed by atoms with Gasteiger partial charge in [-0.25, -0.2) is 8.42 Å². The van der Waals surface area contributed by atoms with Crippen LogP contribution < -0.4 is 9.64 Å². The maximum Gasteiger partial charge on any atom is 0.387 e. The summed E-state index contributed by atoms with van der Waals surface area (Å²) in [5.41, 5.74) is 1.14. The number of hydrogen-bond donors (Lipinski definition) is 0. The average Bonchev–Trinajstić information content (AvgIpc) is 2.82. The summed E-state index contributed by atoms with van der Waals surface area (Å²) in [4.78, 5) is 13.2. The number of hydrogen-bond acceptors (Lipinski definition) is 6. The number of ether oxygens (including phenoxy) is 2. The first-order valence-electron chi connectivity index (χ1n) is 10.8. The molecule has 23 heteroatoms. The Balaban J connectivity index is 0.000000310. The number of nitrogens with zero attached hydrogens (tertiary/aromatic N) is 1. The second kappa shape index (κ2) is 21.3. The Kier molecular flexibility index (Phi) is 21.9. The molecule has 41 heavy (non-hydrogen) atoms. The average molecular weight is 899 g/mol. The van der Waals surface area contributed by atoms with Gasteiger partial charge in [-0.3, -0.25) is 4.79 Å². The van der Waals surface area contributed by atoms with E-state index in [4.69, 9.17) is 10.7 Å². The summed E-state index contributed by atoms with van der Waals surface area (Å²) in [6.45, 7) is -0.730. The number of anilines is 1. The molecule has 8 atom stereocenters. The van der Waals surface area contributed by atoms with E-state index in [1.54, 1.807) is 0 Å². The topological polar surface area (TPSA) is 72.9 Å². The lowest BCUT2D eigenvalue weighted by Crippen LogP contribution is -2.50.